The minimum Gasteiger partial charge on any atom is -0.481 e. The first kappa shape index (κ1) is 25.0. The number of aromatic nitrogens is 2. The summed E-state index contributed by atoms with van der Waals surface area (Å²) in [4.78, 5) is 33.8. The summed E-state index contributed by atoms with van der Waals surface area (Å²) in [6, 6.07) is 5.32. The van der Waals surface area contributed by atoms with Crippen molar-refractivity contribution in [3.8, 4) is 11.5 Å². The van der Waals surface area contributed by atoms with Gasteiger partial charge >= 0.3 is 5.97 Å². The minimum absolute atomic E-state index is 0.00740. The number of imidazole rings is 1. The number of carbonyl (C=O) groups is 2. The number of carboxylic acid groups (broad SMARTS) is 1. The highest BCUT2D eigenvalue weighted by Crippen LogP contribution is 2.42. The monoisotopic (exact) mass is 485 g/mol. The summed E-state index contributed by atoms with van der Waals surface area (Å²) in [5.74, 6) is -0.512. The Morgan fingerprint density at radius 3 is 2.80 bits per heavy atom. The average molecular weight is 486 g/mol. The standard InChI is InChI=1S/C25H35N5O5/c1-2-3-9-29(11-7-26)23(31)15-30-14-19(18-4-5-21-22(13-18)35-17-34-21)24(25(32)33)20(30)6-10-28-12-8-27-16-28/h4-5,8,12-13,16,19-20,24H,2-3,6-7,9-11,14-15,17,26H2,1H3,(H,32,33)/t19-,20+,24-/m1/s1. The molecular formula is C25H35N5O5. The molecule has 3 heterocycles. The molecule has 0 radical (unpaired) electrons. The van der Waals surface area contributed by atoms with E-state index in [1.165, 1.54) is 0 Å². The maximum absolute atomic E-state index is 13.3. The van der Waals surface area contributed by atoms with Gasteiger partial charge in [-0.25, -0.2) is 4.98 Å². The van der Waals surface area contributed by atoms with Crippen molar-refractivity contribution in [3.05, 3.63) is 42.5 Å². The third kappa shape index (κ3) is 5.76. The van der Waals surface area contributed by atoms with Gasteiger partial charge in [0.15, 0.2) is 11.5 Å². The van der Waals surface area contributed by atoms with Crippen molar-refractivity contribution < 1.29 is 24.2 Å². The van der Waals surface area contributed by atoms with Gasteiger partial charge in [0.2, 0.25) is 12.7 Å². The van der Waals surface area contributed by atoms with Gasteiger partial charge in [0, 0.05) is 57.1 Å². The largest absolute Gasteiger partial charge is 0.481 e. The van der Waals surface area contributed by atoms with Crippen LogP contribution in [0.4, 0.5) is 0 Å². The maximum Gasteiger partial charge on any atom is 0.308 e. The first-order chi connectivity index (χ1) is 17.0. The van der Waals surface area contributed by atoms with Crippen LogP contribution < -0.4 is 15.2 Å². The van der Waals surface area contributed by atoms with Crippen molar-refractivity contribution in [2.45, 2.75) is 44.7 Å². The third-order valence-corrected chi connectivity index (χ3v) is 6.97. The van der Waals surface area contributed by atoms with Crippen LogP contribution in [0.25, 0.3) is 0 Å². The van der Waals surface area contributed by atoms with Crippen LogP contribution in [0.1, 0.15) is 37.7 Å². The van der Waals surface area contributed by atoms with Gasteiger partial charge in [0.25, 0.3) is 0 Å². The molecule has 2 aliphatic rings. The van der Waals surface area contributed by atoms with Crippen LogP contribution in [-0.4, -0.2) is 81.9 Å². The highest BCUT2D eigenvalue weighted by atomic mass is 16.7. The van der Waals surface area contributed by atoms with Crippen LogP contribution in [0.2, 0.25) is 0 Å². The van der Waals surface area contributed by atoms with Gasteiger partial charge in [-0.1, -0.05) is 19.4 Å². The lowest BCUT2D eigenvalue weighted by molar-refractivity contribution is -0.143. The average Bonchev–Trinajstić information content (AvgIpc) is 3.59. The molecular weight excluding hydrogens is 450 g/mol. The van der Waals surface area contributed by atoms with Crippen molar-refractivity contribution >= 4 is 11.9 Å². The van der Waals surface area contributed by atoms with Crippen molar-refractivity contribution in [2.75, 3.05) is 39.5 Å². The number of aliphatic carboxylic acids is 1. The van der Waals surface area contributed by atoms with E-state index >= 15 is 0 Å². The van der Waals surface area contributed by atoms with Gasteiger partial charge < -0.3 is 29.8 Å². The van der Waals surface area contributed by atoms with E-state index in [0.29, 0.717) is 50.6 Å². The first-order valence-corrected chi connectivity index (χ1v) is 12.3. The number of rotatable bonds is 12. The number of hydrogen-bond acceptors (Lipinski definition) is 7. The van der Waals surface area contributed by atoms with Crippen LogP contribution in [-0.2, 0) is 16.1 Å². The van der Waals surface area contributed by atoms with E-state index < -0.39 is 11.9 Å². The van der Waals surface area contributed by atoms with E-state index in [0.717, 1.165) is 18.4 Å². The van der Waals surface area contributed by atoms with Crippen LogP contribution >= 0.6 is 0 Å². The SMILES string of the molecule is CCCCN(CCN)C(=O)CN1C[C@H](c2ccc3c(c2)OCO3)[C@@H](C(=O)O)[C@@H]1CCn1ccnc1. The molecule has 3 atom stereocenters. The Labute approximate surface area is 205 Å². The Bertz CT molecular complexity index is 998. The number of aryl methyl sites for hydroxylation is 1. The molecule has 1 fully saturated rings. The summed E-state index contributed by atoms with van der Waals surface area (Å²) in [6.45, 7) is 5.07. The van der Waals surface area contributed by atoms with Gasteiger partial charge in [-0.15, -0.1) is 0 Å². The molecule has 1 amide bonds. The second-order valence-electron chi connectivity index (χ2n) is 9.19. The van der Waals surface area contributed by atoms with Gasteiger partial charge in [0.05, 0.1) is 18.8 Å². The Morgan fingerprint density at radius 1 is 1.26 bits per heavy atom. The molecule has 2 aromatic rings. The molecule has 1 aromatic heterocycles. The topological polar surface area (TPSA) is 123 Å². The van der Waals surface area contributed by atoms with Crippen LogP contribution in [0, 0.1) is 5.92 Å². The number of likely N-dealkylation sites (tertiary alicyclic amines) is 1. The Balaban J connectivity index is 1.58. The first-order valence-electron chi connectivity index (χ1n) is 12.3. The number of fused-ring (bicyclic) bond motifs is 1. The molecule has 190 valence electrons. The third-order valence-electron chi connectivity index (χ3n) is 6.97. The van der Waals surface area contributed by atoms with Crippen LogP contribution in [0.5, 0.6) is 11.5 Å². The predicted octanol–water partition coefficient (Wildman–Crippen LogP) is 1.76. The van der Waals surface area contributed by atoms with Crippen LogP contribution in [0.15, 0.2) is 36.9 Å². The van der Waals surface area contributed by atoms with E-state index in [1.54, 1.807) is 17.4 Å². The number of amides is 1. The molecule has 1 saturated heterocycles. The Kier molecular flexibility index (Phi) is 8.25. The smallest absolute Gasteiger partial charge is 0.308 e. The molecule has 3 N–H and O–H groups in total. The van der Waals surface area contributed by atoms with Gasteiger partial charge in [-0.3, -0.25) is 14.5 Å². The zero-order valence-electron chi connectivity index (χ0n) is 20.2. The summed E-state index contributed by atoms with van der Waals surface area (Å²) < 4.78 is 12.9. The van der Waals surface area contributed by atoms with Crippen molar-refractivity contribution in [2.24, 2.45) is 11.7 Å². The van der Waals surface area contributed by atoms with Gasteiger partial charge in [-0.05, 0) is 30.5 Å². The fourth-order valence-electron chi connectivity index (χ4n) is 5.17. The molecule has 35 heavy (non-hydrogen) atoms. The molecule has 10 heteroatoms. The van der Waals surface area contributed by atoms with Crippen molar-refractivity contribution in [1.29, 1.82) is 0 Å². The molecule has 0 bridgehead atoms. The quantitative estimate of drug-likeness (QED) is 0.466. The van der Waals surface area contributed by atoms with E-state index in [4.69, 9.17) is 15.2 Å². The number of nitrogens with zero attached hydrogens (tertiary/aromatic N) is 4. The van der Waals surface area contributed by atoms with Gasteiger partial charge in [-0.2, -0.15) is 0 Å². The minimum atomic E-state index is -0.858. The van der Waals surface area contributed by atoms with E-state index in [-0.39, 0.29) is 31.2 Å². The van der Waals surface area contributed by atoms with Gasteiger partial charge in [0.1, 0.15) is 0 Å². The number of benzene rings is 1. The normalized spacial score (nSPS) is 21.4. The molecule has 4 rings (SSSR count). The molecule has 2 aliphatic heterocycles. The van der Waals surface area contributed by atoms with E-state index in [1.807, 2.05) is 33.9 Å². The Hall–Kier alpha value is -3.11. The number of unbranched alkanes of at least 4 members (excludes halogenated alkanes) is 1. The molecule has 0 aliphatic carbocycles. The Morgan fingerprint density at radius 2 is 2.09 bits per heavy atom. The second kappa shape index (κ2) is 11.5. The lowest BCUT2D eigenvalue weighted by atomic mass is 9.84. The van der Waals surface area contributed by atoms with Crippen LogP contribution in [0.3, 0.4) is 0 Å². The summed E-state index contributed by atoms with van der Waals surface area (Å²) >= 11 is 0. The molecule has 0 spiro atoms. The fraction of sp³-hybridized carbons (Fsp3) is 0.560. The number of carboxylic acids is 1. The lowest BCUT2D eigenvalue weighted by Crippen LogP contribution is -2.46. The van der Waals surface area contributed by atoms with E-state index in [2.05, 4.69) is 11.9 Å². The molecule has 10 nitrogen and oxygen atoms in total. The van der Waals surface area contributed by atoms with Crippen molar-refractivity contribution in [1.82, 2.24) is 19.4 Å². The number of carbonyl (C=O) groups excluding carboxylic acids is 1. The van der Waals surface area contributed by atoms with E-state index in [9.17, 15) is 14.7 Å². The van der Waals surface area contributed by atoms with Crippen molar-refractivity contribution in [3.63, 3.8) is 0 Å². The number of nitrogens with two attached hydrogens (primary N) is 1. The molecule has 1 aromatic carbocycles. The zero-order chi connectivity index (χ0) is 24.8. The number of hydrogen-bond donors (Lipinski definition) is 2. The molecule has 0 unspecified atom stereocenters. The number of ether oxygens (including phenoxy) is 2. The zero-order valence-corrected chi connectivity index (χ0v) is 20.2. The summed E-state index contributed by atoms with van der Waals surface area (Å²) in [6.07, 6.45) is 7.78. The summed E-state index contributed by atoms with van der Waals surface area (Å²) in [5.41, 5.74) is 6.65. The summed E-state index contributed by atoms with van der Waals surface area (Å²) in [5, 5.41) is 10.3. The highest BCUT2D eigenvalue weighted by molar-refractivity contribution is 5.79. The predicted molar refractivity (Wildman–Crippen MR) is 129 cm³/mol. The summed E-state index contributed by atoms with van der Waals surface area (Å²) in [7, 11) is 0. The lowest BCUT2D eigenvalue weighted by Gasteiger charge is -2.29. The maximum atomic E-state index is 13.3. The second-order valence-corrected chi connectivity index (χ2v) is 9.19. The fourth-order valence-corrected chi connectivity index (χ4v) is 5.17. The highest BCUT2D eigenvalue weighted by Gasteiger charge is 2.47. The molecule has 0 saturated carbocycles.